The van der Waals surface area contributed by atoms with Crippen LogP contribution in [0.15, 0.2) is 48.8 Å². The summed E-state index contributed by atoms with van der Waals surface area (Å²) < 4.78 is 13.4. The molecule has 3 heterocycles. The molecule has 1 aromatic heterocycles. The van der Waals surface area contributed by atoms with E-state index in [0.29, 0.717) is 19.4 Å². The molecule has 152 valence electrons. The van der Waals surface area contributed by atoms with Crippen molar-refractivity contribution in [1.29, 1.82) is 0 Å². The number of aromatic nitrogens is 1. The maximum Gasteiger partial charge on any atom is 0.325 e. The van der Waals surface area contributed by atoms with Crippen LogP contribution in [0.3, 0.4) is 0 Å². The fourth-order valence-corrected chi connectivity index (χ4v) is 4.42. The van der Waals surface area contributed by atoms with Gasteiger partial charge < -0.3 is 10.6 Å². The Labute approximate surface area is 169 Å². The number of urea groups is 1. The second kappa shape index (κ2) is 8.29. The quantitative estimate of drug-likeness (QED) is 0.735. The van der Waals surface area contributed by atoms with Crippen molar-refractivity contribution in [3.8, 4) is 0 Å². The van der Waals surface area contributed by atoms with E-state index in [-0.39, 0.29) is 23.7 Å². The molecule has 2 aliphatic rings. The summed E-state index contributed by atoms with van der Waals surface area (Å²) in [6.45, 7) is 1.96. The molecule has 0 spiro atoms. The third-order valence-corrected chi connectivity index (χ3v) is 6.01. The lowest BCUT2D eigenvalue weighted by atomic mass is 9.74. The maximum absolute atomic E-state index is 13.6. The van der Waals surface area contributed by atoms with E-state index < -0.39 is 5.54 Å². The third kappa shape index (κ3) is 4.00. The Morgan fingerprint density at radius 1 is 1.03 bits per heavy atom. The highest BCUT2D eigenvalue weighted by Crippen LogP contribution is 2.35. The first-order chi connectivity index (χ1) is 14.1. The van der Waals surface area contributed by atoms with Crippen molar-refractivity contribution in [2.24, 2.45) is 5.92 Å². The molecule has 7 heteroatoms. The molecule has 2 aliphatic heterocycles. The monoisotopic (exact) mass is 396 g/mol. The molecule has 1 unspecified atom stereocenters. The Hall–Kier alpha value is -2.80. The molecule has 2 saturated heterocycles. The number of rotatable bonds is 6. The third-order valence-electron chi connectivity index (χ3n) is 6.01. The second-order valence-electron chi connectivity index (χ2n) is 7.79. The van der Waals surface area contributed by atoms with Gasteiger partial charge in [-0.3, -0.25) is 14.7 Å². The van der Waals surface area contributed by atoms with Crippen LogP contribution in [-0.4, -0.2) is 47.0 Å². The highest BCUT2D eigenvalue weighted by Gasteiger charge is 2.55. The summed E-state index contributed by atoms with van der Waals surface area (Å²) in [6, 6.07) is 9.61. The molecule has 2 N–H and O–H groups in total. The van der Waals surface area contributed by atoms with Gasteiger partial charge in [0.05, 0.1) is 0 Å². The van der Waals surface area contributed by atoms with Gasteiger partial charge in [-0.1, -0.05) is 12.1 Å². The van der Waals surface area contributed by atoms with E-state index >= 15 is 0 Å². The number of hydrogen-bond acceptors (Lipinski definition) is 4. The number of imide groups is 1. The normalized spacial score (nSPS) is 22.7. The zero-order chi connectivity index (χ0) is 20.3. The van der Waals surface area contributed by atoms with Gasteiger partial charge in [0.15, 0.2) is 0 Å². The lowest BCUT2D eigenvalue weighted by Gasteiger charge is -2.38. The van der Waals surface area contributed by atoms with Gasteiger partial charge in [-0.15, -0.1) is 0 Å². The fourth-order valence-electron chi connectivity index (χ4n) is 4.42. The van der Waals surface area contributed by atoms with Gasteiger partial charge in [-0.2, -0.15) is 0 Å². The predicted molar refractivity (Wildman–Crippen MR) is 107 cm³/mol. The number of carbonyl (C=O) groups excluding carboxylic acids is 2. The number of nitrogens with zero attached hydrogens (tertiary/aromatic N) is 2. The van der Waals surface area contributed by atoms with Gasteiger partial charge in [0, 0.05) is 25.4 Å². The number of hydrogen-bond donors (Lipinski definition) is 2. The number of halogens is 1. The minimum Gasteiger partial charge on any atom is -0.322 e. The van der Waals surface area contributed by atoms with Crippen LogP contribution in [0, 0.1) is 11.7 Å². The molecule has 6 nitrogen and oxygen atoms in total. The summed E-state index contributed by atoms with van der Waals surface area (Å²) >= 11 is 0. The Bertz CT molecular complexity index is 868. The zero-order valence-corrected chi connectivity index (χ0v) is 16.2. The van der Waals surface area contributed by atoms with Gasteiger partial charge in [0.1, 0.15) is 11.4 Å². The number of nitrogens with one attached hydrogen (secondary N) is 2. The van der Waals surface area contributed by atoms with Crippen LogP contribution in [-0.2, 0) is 17.6 Å². The summed E-state index contributed by atoms with van der Waals surface area (Å²) in [5, 5.41) is 6.36. The Balaban J connectivity index is 1.58. The number of amides is 3. The first-order valence-electron chi connectivity index (χ1n) is 10.1. The summed E-state index contributed by atoms with van der Waals surface area (Å²) in [6.07, 6.45) is 5.98. The van der Waals surface area contributed by atoms with E-state index in [0.717, 1.165) is 37.1 Å². The lowest BCUT2D eigenvalue weighted by molar-refractivity contribution is -0.133. The average Bonchev–Trinajstić information content (AvgIpc) is 2.99. The minimum atomic E-state index is -0.977. The van der Waals surface area contributed by atoms with Gasteiger partial charge in [0.2, 0.25) is 0 Å². The largest absolute Gasteiger partial charge is 0.325 e. The SMILES string of the molecule is O=C1NC(Cc2ccc(F)cc2)(C2CCNCC2)C(=O)N1CCc1ccncc1. The highest BCUT2D eigenvalue weighted by atomic mass is 19.1. The van der Waals surface area contributed by atoms with E-state index in [1.807, 2.05) is 12.1 Å². The maximum atomic E-state index is 13.6. The molecule has 1 aromatic carbocycles. The molecule has 0 radical (unpaired) electrons. The first-order valence-corrected chi connectivity index (χ1v) is 10.1. The molecule has 2 aromatic rings. The summed E-state index contributed by atoms with van der Waals surface area (Å²) in [4.78, 5) is 31.7. The van der Waals surface area contributed by atoms with E-state index in [2.05, 4.69) is 15.6 Å². The summed E-state index contributed by atoms with van der Waals surface area (Å²) in [7, 11) is 0. The molecule has 2 fully saturated rings. The molecule has 0 bridgehead atoms. The van der Waals surface area contributed by atoms with Crippen molar-refractivity contribution < 1.29 is 14.0 Å². The molecule has 3 amide bonds. The minimum absolute atomic E-state index is 0.0381. The smallest absolute Gasteiger partial charge is 0.322 e. The number of benzene rings is 1. The van der Waals surface area contributed by atoms with Gasteiger partial charge in [-0.25, -0.2) is 9.18 Å². The fraction of sp³-hybridized carbons (Fsp3) is 0.409. The van der Waals surface area contributed by atoms with Crippen LogP contribution < -0.4 is 10.6 Å². The van der Waals surface area contributed by atoms with Crippen LogP contribution in [0.1, 0.15) is 24.0 Å². The van der Waals surface area contributed by atoms with Crippen molar-refractivity contribution in [3.05, 3.63) is 65.7 Å². The van der Waals surface area contributed by atoms with Crippen molar-refractivity contribution in [2.45, 2.75) is 31.2 Å². The van der Waals surface area contributed by atoms with Crippen LogP contribution >= 0.6 is 0 Å². The molecular formula is C22H25FN4O2. The van der Waals surface area contributed by atoms with Crippen LogP contribution in [0.2, 0.25) is 0 Å². The molecule has 4 rings (SSSR count). The summed E-state index contributed by atoms with van der Waals surface area (Å²) in [5.74, 6) is -0.450. The Morgan fingerprint density at radius 3 is 2.41 bits per heavy atom. The molecule has 1 atom stereocenters. The van der Waals surface area contributed by atoms with Crippen molar-refractivity contribution >= 4 is 11.9 Å². The number of piperidine rings is 1. The van der Waals surface area contributed by atoms with Gasteiger partial charge >= 0.3 is 6.03 Å². The van der Waals surface area contributed by atoms with E-state index in [4.69, 9.17) is 0 Å². The standard InChI is InChI=1S/C22H25FN4O2/c23-19-3-1-17(2-4-19)15-22(18-7-12-25-13-8-18)20(28)27(21(29)26-22)14-9-16-5-10-24-11-6-16/h1-6,10-11,18,25H,7-9,12-15H2,(H,26,29). The van der Waals surface area contributed by atoms with Gasteiger partial charge in [-0.05, 0) is 73.7 Å². The van der Waals surface area contributed by atoms with E-state index in [9.17, 15) is 14.0 Å². The highest BCUT2D eigenvalue weighted by molar-refractivity contribution is 6.07. The first kappa shape index (κ1) is 19.5. The van der Waals surface area contributed by atoms with Crippen molar-refractivity contribution in [3.63, 3.8) is 0 Å². The molecule has 0 aliphatic carbocycles. The molecular weight excluding hydrogens is 371 g/mol. The summed E-state index contributed by atoms with van der Waals surface area (Å²) in [5.41, 5.74) is 0.892. The zero-order valence-electron chi connectivity index (χ0n) is 16.2. The topological polar surface area (TPSA) is 74.3 Å². The molecule has 29 heavy (non-hydrogen) atoms. The van der Waals surface area contributed by atoms with Crippen LogP contribution in [0.4, 0.5) is 9.18 Å². The van der Waals surface area contributed by atoms with Crippen molar-refractivity contribution in [1.82, 2.24) is 20.5 Å². The van der Waals surface area contributed by atoms with Crippen LogP contribution in [0.5, 0.6) is 0 Å². The predicted octanol–water partition coefficient (Wildman–Crippen LogP) is 2.30. The van der Waals surface area contributed by atoms with E-state index in [1.54, 1.807) is 24.5 Å². The van der Waals surface area contributed by atoms with Crippen molar-refractivity contribution in [2.75, 3.05) is 19.6 Å². The number of carbonyl (C=O) groups is 2. The lowest BCUT2D eigenvalue weighted by Crippen LogP contribution is -2.57. The van der Waals surface area contributed by atoms with E-state index in [1.165, 1.54) is 17.0 Å². The number of pyridine rings is 1. The molecule has 0 saturated carbocycles. The van der Waals surface area contributed by atoms with Gasteiger partial charge in [0.25, 0.3) is 5.91 Å². The Morgan fingerprint density at radius 2 is 1.72 bits per heavy atom. The Kier molecular flexibility index (Phi) is 5.58. The second-order valence-corrected chi connectivity index (χ2v) is 7.79. The van der Waals surface area contributed by atoms with Crippen LogP contribution in [0.25, 0.3) is 0 Å². The average molecular weight is 396 g/mol.